The van der Waals surface area contributed by atoms with Gasteiger partial charge in [-0.05, 0) is 48.1 Å². The van der Waals surface area contributed by atoms with E-state index in [4.69, 9.17) is 0 Å². The second-order valence-corrected chi connectivity index (χ2v) is 7.09. The summed E-state index contributed by atoms with van der Waals surface area (Å²) in [6.45, 7) is 4.54. The van der Waals surface area contributed by atoms with Crippen LogP contribution in [0.1, 0.15) is 56.6 Å². The highest BCUT2D eigenvalue weighted by Gasteiger charge is 2.18. The predicted molar refractivity (Wildman–Crippen MR) is 92.3 cm³/mol. The van der Waals surface area contributed by atoms with Crippen molar-refractivity contribution < 1.29 is 0 Å². The summed E-state index contributed by atoms with van der Waals surface area (Å²) < 4.78 is 0. The Morgan fingerprint density at radius 1 is 1.15 bits per heavy atom. The van der Waals surface area contributed by atoms with E-state index in [0.717, 1.165) is 5.92 Å². The molecule has 110 valence electrons. The standard InChI is InChI=1S/C19H28S/c1-3-4-5-6-12-18(19-13-9-14-20-19)15-17-11-8-7-10-16(17)2/h7-8,10-11,13,18H,3-6,9,12,14-15H2,1-2H3. The fourth-order valence-electron chi connectivity index (χ4n) is 2.99. The van der Waals surface area contributed by atoms with Crippen LogP contribution < -0.4 is 0 Å². The van der Waals surface area contributed by atoms with Crippen molar-refractivity contribution in [1.82, 2.24) is 0 Å². The first-order valence-electron chi connectivity index (χ1n) is 8.18. The third-order valence-electron chi connectivity index (χ3n) is 4.27. The fraction of sp³-hybridized carbons (Fsp3) is 0.579. The van der Waals surface area contributed by atoms with Gasteiger partial charge in [-0.15, -0.1) is 11.8 Å². The molecule has 1 atom stereocenters. The van der Waals surface area contributed by atoms with Gasteiger partial charge in [-0.3, -0.25) is 0 Å². The van der Waals surface area contributed by atoms with Crippen LogP contribution in [0.25, 0.3) is 0 Å². The normalized spacial score (nSPS) is 16.2. The minimum absolute atomic E-state index is 0.764. The van der Waals surface area contributed by atoms with Gasteiger partial charge in [0.15, 0.2) is 0 Å². The van der Waals surface area contributed by atoms with Crippen LogP contribution in [0, 0.1) is 12.8 Å². The van der Waals surface area contributed by atoms with Gasteiger partial charge in [0.1, 0.15) is 0 Å². The van der Waals surface area contributed by atoms with E-state index in [1.54, 1.807) is 10.5 Å². The van der Waals surface area contributed by atoms with Crippen molar-refractivity contribution in [3.05, 3.63) is 46.4 Å². The van der Waals surface area contributed by atoms with Crippen LogP contribution in [0.5, 0.6) is 0 Å². The summed E-state index contributed by atoms with van der Waals surface area (Å²) >= 11 is 2.10. The zero-order valence-electron chi connectivity index (χ0n) is 13.0. The van der Waals surface area contributed by atoms with Gasteiger partial charge in [0, 0.05) is 5.75 Å². The van der Waals surface area contributed by atoms with Crippen molar-refractivity contribution in [2.45, 2.75) is 58.8 Å². The molecule has 0 N–H and O–H groups in total. The zero-order valence-corrected chi connectivity index (χ0v) is 13.8. The maximum absolute atomic E-state index is 2.49. The van der Waals surface area contributed by atoms with E-state index in [-0.39, 0.29) is 0 Å². The molecule has 1 unspecified atom stereocenters. The number of benzene rings is 1. The van der Waals surface area contributed by atoms with Gasteiger partial charge in [-0.1, -0.05) is 62.9 Å². The Balaban J connectivity index is 1.97. The quantitative estimate of drug-likeness (QED) is 0.517. The van der Waals surface area contributed by atoms with Crippen LogP contribution in [-0.4, -0.2) is 5.75 Å². The molecule has 2 rings (SSSR count). The van der Waals surface area contributed by atoms with Crippen molar-refractivity contribution in [2.24, 2.45) is 5.92 Å². The summed E-state index contributed by atoms with van der Waals surface area (Å²) in [6, 6.07) is 8.90. The number of hydrogen-bond donors (Lipinski definition) is 0. The van der Waals surface area contributed by atoms with E-state index < -0.39 is 0 Å². The largest absolute Gasteiger partial charge is 0.130 e. The zero-order chi connectivity index (χ0) is 14.2. The van der Waals surface area contributed by atoms with Gasteiger partial charge in [0.2, 0.25) is 0 Å². The van der Waals surface area contributed by atoms with E-state index in [1.165, 1.54) is 56.3 Å². The molecular formula is C19H28S. The first kappa shape index (κ1) is 15.7. The number of allylic oxidation sites excluding steroid dienone is 2. The summed E-state index contributed by atoms with van der Waals surface area (Å²) in [4.78, 5) is 1.67. The molecule has 0 fully saturated rings. The summed E-state index contributed by atoms with van der Waals surface area (Å²) in [6.07, 6.45) is 11.9. The maximum Gasteiger partial charge on any atom is 0.00118 e. The molecule has 0 nitrogen and oxygen atoms in total. The lowest BCUT2D eigenvalue weighted by Crippen LogP contribution is -2.07. The van der Waals surface area contributed by atoms with E-state index in [1.807, 2.05) is 0 Å². The number of unbranched alkanes of at least 4 members (excludes halogenated alkanes) is 3. The van der Waals surface area contributed by atoms with Gasteiger partial charge in [0.25, 0.3) is 0 Å². The highest BCUT2D eigenvalue weighted by molar-refractivity contribution is 8.03. The summed E-state index contributed by atoms with van der Waals surface area (Å²) in [5, 5.41) is 0. The predicted octanol–water partition coefficient (Wildman–Crippen LogP) is 6.14. The molecule has 1 aliphatic heterocycles. The number of rotatable bonds is 8. The van der Waals surface area contributed by atoms with Gasteiger partial charge in [-0.2, -0.15) is 0 Å². The lowest BCUT2D eigenvalue weighted by molar-refractivity contribution is 0.522. The topological polar surface area (TPSA) is 0 Å². The van der Waals surface area contributed by atoms with Crippen LogP contribution in [0.15, 0.2) is 35.2 Å². The molecule has 0 aliphatic carbocycles. The number of aryl methyl sites for hydroxylation is 1. The third kappa shape index (κ3) is 4.70. The van der Waals surface area contributed by atoms with Crippen LogP contribution in [0.4, 0.5) is 0 Å². The molecule has 0 spiro atoms. The molecular weight excluding hydrogens is 260 g/mol. The molecule has 0 amide bonds. The molecule has 0 aromatic heterocycles. The van der Waals surface area contributed by atoms with Crippen LogP contribution in [-0.2, 0) is 6.42 Å². The summed E-state index contributed by atoms with van der Waals surface area (Å²) in [5.74, 6) is 2.06. The maximum atomic E-state index is 2.49. The Kier molecular flexibility index (Phi) is 6.72. The highest BCUT2D eigenvalue weighted by atomic mass is 32.2. The van der Waals surface area contributed by atoms with E-state index in [0.29, 0.717) is 0 Å². The fourth-order valence-corrected chi connectivity index (χ4v) is 4.13. The summed E-state index contributed by atoms with van der Waals surface area (Å²) in [5.41, 5.74) is 3.00. The number of thioether (sulfide) groups is 1. The Hall–Kier alpha value is -0.690. The molecule has 20 heavy (non-hydrogen) atoms. The van der Waals surface area contributed by atoms with Gasteiger partial charge in [-0.25, -0.2) is 0 Å². The van der Waals surface area contributed by atoms with Gasteiger partial charge < -0.3 is 0 Å². The van der Waals surface area contributed by atoms with Gasteiger partial charge in [0.05, 0.1) is 0 Å². The molecule has 1 heteroatoms. The van der Waals surface area contributed by atoms with Crippen LogP contribution >= 0.6 is 11.8 Å². The van der Waals surface area contributed by atoms with Crippen molar-refractivity contribution in [3.8, 4) is 0 Å². The minimum atomic E-state index is 0.764. The second kappa shape index (κ2) is 8.56. The first-order chi connectivity index (χ1) is 9.81. The molecule has 1 aromatic rings. The van der Waals surface area contributed by atoms with Crippen molar-refractivity contribution >= 4 is 11.8 Å². The molecule has 0 saturated carbocycles. The van der Waals surface area contributed by atoms with Crippen LogP contribution in [0.3, 0.4) is 0 Å². The molecule has 0 bridgehead atoms. The smallest absolute Gasteiger partial charge is 0.00118 e. The average molecular weight is 288 g/mol. The van der Waals surface area contributed by atoms with Crippen molar-refractivity contribution in [1.29, 1.82) is 0 Å². The second-order valence-electron chi connectivity index (χ2n) is 5.92. The van der Waals surface area contributed by atoms with Crippen molar-refractivity contribution in [3.63, 3.8) is 0 Å². The molecule has 0 saturated heterocycles. The Morgan fingerprint density at radius 3 is 2.70 bits per heavy atom. The molecule has 1 aromatic carbocycles. The monoisotopic (exact) mass is 288 g/mol. The third-order valence-corrected chi connectivity index (χ3v) is 5.54. The van der Waals surface area contributed by atoms with E-state index >= 15 is 0 Å². The average Bonchev–Trinajstić information content (AvgIpc) is 2.98. The lowest BCUT2D eigenvalue weighted by Gasteiger charge is -2.19. The Morgan fingerprint density at radius 2 is 2.00 bits per heavy atom. The van der Waals surface area contributed by atoms with E-state index in [2.05, 4.69) is 56.0 Å². The van der Waals surface area contributed by atoms with E-state index in [9.17, 15) is 0 Å². The summed E-state index contributed by atoms with van der Waals surface area (Å²) in [7, 11) is 0. The minimum Gasteiger partial charge on any atom is -0.130 e. The van der Waals surface area contributed by atoms with Crippen LogP contribution in [0.2, 0.25) is 0 Å². The molecule has 0 radical (unpaired) electrons. The Bertz CT molecular complexity index is 433. The van der Waals surface area contributed by atoms with Gasteiger partial charge >= 0.3 is 0 Å². The van der Waals surface area contributed by atoms with Crippen molar-refractivity contribution in [2.75, 3.05) is 5.75 Å². The molecule has 1 aliphatic rings. The SMILES string of the molecule is CCCCCCC(Cc1ccccc1C)C1=CCCS1. The first-order valence-corrected chi connectivity index (χ1v) is 9.17. The lowest BCUT2D eigenvalue weighted by atomic mass is 9.91. The highest BCUT2D eigenvalue weighted by Crippen LogP contribution is 2.36. The molecule has 1 heterocycles. The Labute approximate surface area is 129 Å². The number of hydrogen-bond acceptors (Lipinski definition) is 1.